The summed E-state index contributed by atoms with van der Waals surface area (Å²) in [7, 11) is -1.29. The maximum atomic E-state index is 12.4. The van der Waals surface area contributed by atoms with Crippen molar-refractivity contribution in [1.82, 2.24) is 9.80 Å². The number of aryl methyl sites for hydroxylation is 1. The number of carbonyl (C=O) groups is 2. The molecule has 6 atom stereocenters. The van der Waals surface area contributed by atoms with Crippen molar-refractivity contribution in [3.63, 3.8) is 0 Å². The van der Waals surface area contributed by atoms with Gasteiger partial charge in [0.2, 0.25) is 0 Å². The van der Waals surface area contributed by atoms with Crippen LogP contribution in [-0.2, 0) is 26.1 Å². The number of piperidine rings is 2. The zero-order valence-corrected chi connectivity index (χ0v) is 34.7. The molecule has 0 aromatic heterocycles. The lowest BCUT2D eigenvalue weighted by Crippen LogP contribution is -2.40. The molecule has 0 amide bonds. The molecule has 0 saturated carbocycles. The number of nitrogens with zero attached hydrogens (tertiary/aromatic N) is 2. The fourth-order valence-electron chi connectivity index (χ4n) is 7.12. The summed E-state index contributed by atoms with van der Waals surface area (Å²) in [5.74, 6) is -2.05. The van der Waals surface area contributed by atoms with Crippen molar-refractivity contribution in [1.29, 1.82) is 0 Å². The molecular formula is C37H49Cl2F3N2O7S3. The molecule has 0 radical (unpaired) electrons. The molecule has 0 spiro atoms. The van der Waals surface area contributed by atoms with Gasteiger partial charge in [-0.1, -0.05) is 35.3 Å². The summed E-state index contributed by atoms with van der Waals surface area (Å²) >= 11 is 16.0. The summed E-state index contributed by atoms with van der Waals surface area (Å²) in [6.45, 7) is 6.33. The Labute approximate surface area is 335 Å². The van der Waals surface area contributed by atoms with Crippen LogP contribution in [0, 0.1) is 0 Å². The Balaban J connectivity index is 0.000000249. The normalized spacial score (nSPS) is 24.8. The van der Waals surface area contributed by atoms with Crippen molar-refractivity contribution in [2.75, 3.05) is 14.1 Å². The number of allylic oxidation sites excluding steroid dienone is 1. The van der Waals surface area contributed by atoms with E-state index in [4.69, 9.17) is 38.2 Å². The lowest BCUT2D eigenvalue weighted by Gasteiger charge is -2.36. The standard InChI is InChI=1S/C17H22ClNO2S.C15H17ClF3NO3S2.C3H6.C2H4O2/c1-19-12-4-5-13(19)10-14(9-12)22-16-6-2-11(8-15(16)18)3-7-17(20)21;1-20-9-2-3-10(20)7-12(6-9)24-14-5-4-11(8-13(14)16)23-25(21,22)15(17,18)19;1-3-2;1-2(3)4/h2,6,8,12-14H,3-5,7,9-10H2,1H3,(H,20,21);4-5,8-10,12H,2-3,6-7H2,1H3;3H,1H2,2H3;1H3,(H,3,4)/t12-,13+,14?;9-,10+,12?;;. The third kappa shape index (κ3) is 13.8. The van der Waals surface area contributed by atoms with Crippen LogP contribution in [0.15, 0.2) is 58.8 Å². The van der Waals surface area contributed by atoms with E-state index in [2.05, 4.69) is 40.7 Å². The maximum absolute atomic E-state index is 12.4. The number of hydrogen-bond donors (Lipinski definition) is 2. The first-order valence-corrected chi connectivity index (χ1v) is 21.5. The van der Waals surface area contributed by atoms with Crippen molar-refractivity contribution in [3.05, 3.63) is 64.7 Å². The van der Waals surface area contributed by atoms with Gasteiger partial charge in [-0.3, -0.25) is 9.59 Å². The summed E-state index contributed by atoms with van der Waals surface area (Å²) < 4.78 is 63.3. The number of halogens is 5. The van der Waals surface area contributed by atoms with Crippen LogP contribution in [0.2, 0.25) is 10.0 Å². The number of alkyl halides is 3. The molecule has 0 aliphatic carbocycles. The van der Waals surface area contributed by atoms with Gasteiger partial charge in [-0.2, -0.15) is 21.6 Å². The van der Waals surface area contributed by atoms with E-state index in [0.717, 1.165) is 53.4 Å². The van der Waals surface area contributed by atoms with Gasteiger partial charge in [-0.15, -0.1) is 30.1 Å². The Morgan fingerprint density at radius 3 is 1.61 bits per heavy atom. The Kier molecular flexibility index (Phi) is 17.9. The van der Waals surface area contributed by atoms with E-state index >= 15 is 0 Å². The van der Waals surface area contributed by atoms with Crippen LogP contribution in [0.4, 0.5) is 13.2 Å². The van der Waals surface area contributed by atoms with Crippen LogP contribution in [0.5, 0.6) is 5.75 Å². The van der Waals surface area contributed by atoms with E-state index in [0.29, 0.717) is 33.9 Å². The third-order valence-electron chi connectivity index (χ3n) is 9.71. The Hall–Kier alpha value is -2.14. The highest BCUT2D eigenvalue weighted by atomic mass is 35.5. The lowest BCUT2D eigenvalue weighted by molar-refractivity contribution is -0.137. The smallest absolute Gasteiger partial charge is 0.481 e. The molecule has 4 fully saturated rings. The molecule has 4 aliphatic rings. The lowest BCUT2D eigenvalue weighted by atomic mass is 10.0. The second-order valence-corrected chi connectivity index (χ2v) is 18.7. The summed E-state index contributed by atoms with van der Waals surface area (Å²) in [5.41, 5.74) is -4.47. The van der Waals surface area contributed by atoms with Gasteiger partial charge in [-0.05, 0) is 109 Å². The van der Waals surface area contributed by atoms with Crippen LogP contribution in [0.25, 0.3) is 0 Å². The van der Waals surface area contributed by atoms with Gasteiger partial charge in [0.1, 0.15) is 5.75 Å². The fraction of sp³-hybridized carbons (Fsp3) is 0.568. The van der Waals surface area contributed by atoms with Crippen molar-refractivity contribution >= 4 is 68.8 Å². The van der Waals surface area contributed by atoms with Crippen molar-refractivity contribution < 1.29 is 45.6 Å². The minimum atomic E-state index is -5.69. The van der Waals surface area contributed by atoms with Gasteiger partial charge in [0, 0.05) is 63.9 Å². The summed E-state index contributed by atoms with van der Waals surface area (Å²) in [5, 5.41) is 18.2. The predicted molar refractivity (Wildman–Crippen MR) is 211 cm³/mol. The molecule has 4 bridgehead atoms. The summed E-state index contributed by atoms with van der Waals surface area (Å²) in [6.07, 6.45) is 12.1. The monoisotopic (exact) mass is 856 g/mol. The van der Waals surface area contributed by atoms with Gasteiger partial charge < -0.3 is 24.2 Å². The number of rotatable bonds is 9. The van der Waals surface area contributed by atoms with Crippen LogP contribution in [-0.4, -0.2) is 94.6 Å². The molecule has 2 aromatic rings. The average Bonchev–Trinajstić information content (AvgIpc) is 3.38. The average molecular weight is 858 g/mol. The van der Waals surface area contributed by atoms with E-state index in [1.54, 1.807) is 17.8 Å². The zero-order chi connectivity index (χ0) is 40.4. The quantitative estimate of drug-likeness (QED) is 0.142. The molecule has 2 aromatic carbocycles. The topological polar surface area (TPSA) is 124 Å². The molecule has 4 heterocycles. The highest BCUT2D eigenvalue weighted by molar-refractivity contribution is 8.00. The van der Waals surface area contributed by atoms with E-state index in [-0.39, 0.29) is 11.4 Å². The number of benzene rings is 2. The first-order valence-electron chi connectivity index (χ1n) is 17.6. The van der Waals surface area contributed by atoms with E-state index in [1.165, 1.54) is 50.7 Å². The fourth-order valence-corrected chi connectivity index (χ4v) is 10.8. The molecular weight excluding hydrogens is 809 g/mol. The number of thioether (sulfide) groups is 2. The number of carboxylic acids is 2. The number of fused-ring (bicyclic) bond motifs is 4. The number of hydrogen-bond acceptors (Lipinski definition) is 9. The van der Waals surface area contributed by atoms with E-state index in [9.17, 15) is 26.4 Å². The predicted octanol–water partition coefficient (Wildman–Crippen LogP) is 9.64. The van der Waals surface area contributed by atoms with Gasteiger partial charge in [0.25, 0.3) is 5.97 Å². The molecule has 2 N–H and O–H groups in total. The molecule has 54 heavy (non-hydrogen) atoms. The van der Waals surface area contributed by atoms with Crippen molar-refractivity contribution in [3.8, 4) is 5.75 Å². The van der Waals surface area contributed by atoms with Crippen LogP contribution >= 0.6 is 46.7 Å². The van der Waals surface area contributed by atoms with Gasteiger partial charge in [-0.25, -0.2) is 0 Å². The number of aliphatic carboxylic acids is 2. The second kappa shape index (κ2) is 20.9. The molecule has 4 aliphatic heterocycles. The molecule has 4 saturated heterocycles. The highest BCUT2D eigenvalue weighted by Gasteiger charge is 2.48. The molecule has 6 rings (SSSR count). The highest BCUT2D eigenvalue weighted by Crippen LogP contribution is 2.45. The van der Waals surface area contributed by atoms with Crippen molar-refractivity contribution in [2.45, 2.75) is 128 Å². The van der Waals surface area contributed by atoms with E-state index < -0.39 is 33.3 Å². The Morgan fingerprint density at radius 1 is 0.870 bits per heavy atom. The zero-order valence-electron chi connectivity index (χ0n) is 30.7. The minimum Gasteiger partial charge on any atom is -0.481 e. The first-order chi connectivity index (χ1) is 25.2. The van der Waals surface area contributed by atoms with Crippen LogP contribution in [0.3, 0.4) is 0 Å². The van der Waals surface area contributed by atoms with Crippen molar-refractivity contribution in [2.24, 2.45) is 0 Å². The number of carboxylic acid groups (broad SMARTS) is 2. The van der Waals surface area contributed by atoms with Gasteiger partial charge >= 0.3 is 21.6 Å². The Morgan fingerprint density at radius 2 is 1.26 bits per heavy atom. The second-order valence-electron chi connectivity index (χ2n) is 13.7. The van der Waals surface area contributed by atoms with E-state index in [1.807, 2.05) is 30.8 Å². The minimum absolute atomic E-state index is 0.154. The maximum Gasteiger partial charge on any atom is 0.534 e. The molecule has 17 heteroatoms. The van der Waals surface area contributed by atoms with Gasteiger partial charge in [0.15, 0.2) is 0 Å². The SMILES string of the molecule is C=CC.CC(=O)O.CN1[C@@H]2CC[C@H]1CC(Sc1ccc(CCC(=O)O)cc1Cl)C2.CN1[C@@H]2CC[C@H]1CC(Sc1ccc(OS(=O)(=O)C(F)(F)F)cc1Cl)C2. The molecule has 302 valence electrons. The van der Waals surface area contributed by atoms with Gasteiger partial charge in [0.05, 0.1) is 10.0 Å². The van der Waals surface area contributed by atoms with Crippen LogP contribution in [0.1, 0.15) is 77.2 Å². The first kappa shape index (κ1) is 46.2. The third-order valence-corrected chi connectivity index (χ3v) is 14.2. The summed E-state index contributed by atoms with van der Waals surface area (Å²) in [4.78, 5) is 26.5. The largest absolute Gasteiger partial charge is 0.534 e. The Bertz CT molecular complexity index is 1670. The molecule has 2 unspecified atom stereocenters. The molecule has 9 nitrogen and oxygen atoms in total. The summed E-state index contributed by atoms with van der Waals surface area (Å²) in [6, 6.07) is 12.4. The van der Waals surface area contributed by atoms with Crippen LogP contribution < -0.4 is 4.18 Å².